The van der Waals surface area contributed by atoms with Crippen LogP contribution in [0.1, 0.15) is 19.3 Å². The molecule has 7 heteroatoms. The van der Waals surface area contributed by atoms with Gasteiger partial charge in [-0.15, -0.1) is 0 Å². The molecule has 3 heterocycles. The molecule has 1 aromatic heterocycles. The fraction of sp³-hybridized carbons (Fsp3) is 0.643. The lowest BCUT2D eigenvalue weighted by Gasteiger charge is -2.45. The zero-order chi connectivity index (χ0) is 15.0. The lowest BCUT2D eigenvalue weighted by atomic mass is 9.85. The van der Waals surface area contributed by atoms with Crippen molar-refractivity contribution in [2.24, 2.45) is 5.92 Å². The second-order valence-corrected chi connectivity index (χ2v) is 8.79. The second-order valence-electron chi connectivity index (χ2n) is 5.94. The van der Waals surface area contributed by atoms with Gasteiger partial charge in [-0.05, 0) is 60.8 Å². The molecule has 0 N–H and O–H groups in total. The van der Waals surface area contributed by atoms with Crippen molar-refractivity contribution >= 4 is 26.0 Å². The first-order valence-corrected chi connectivity index (χ1v) is 9.53. The number of pyridine rings is 1. The summed E-state index contributed by atoms with van der Waals surface area (Å²) in [5, 5.41) is 0. The number of aromatic nitrogens is 1. The molecule has 21 heavy (non-hydrogen) atoms. The zero-order valence-electron chi connectivity index (χ0n) is 12.1. The van der Waals surface area contributed by atoms with Crippen LogP contribution in [0.3, 0.4) is 0 Å². The molecule has 0 saturated carbocycles. The minimum Gasteiger partial charge on any atom is -0.303 e. The Labute approximate surface area is 134 Å². The van der Waals surface area contributed by atoms with Gasteiger partial charge in [0.25, 0.3) is 0 Å². The van der Waals surface area contributed by atoms with Crippen LogP contribution in [0.15, 0.2) is 27.8 Å². The van der Waals surface area contributed by atoms with E-state index in [0.29, 0.717) is 29.5 Å². The van der Waals surface area contributed by atoms with Gasteiger partial charge in [-0.3, -0.25) is 4.98 Å². The van der Waals surface area contributed by atoms with Crippen LogP contribution in [0, 0.1) is 5.92 Å². The summed E-state index contributed by atoms with van der Waals surface area (Å²) in [5.41, 5.74) is 0. The highest BCUT2D eigenvalue weighted by molar-refractivity contribution is 9.10. The molecule has 0 radical (unpaired) electrons. The summed E-state index contributed by atoms with van der Waals surface area (Å²) in [5.74, 6) is 0.451. The van der Waals surface area contributed by atoms with Crippen LogP contribution in [-0.4, -0.2) is 55.3 Å². The van der Waals surface area contributed by atoms with Gasteiger partial charge in [0.2, 0.25) is 10.0 Å². The summed E-state index contributed by atoms with van der Waals surface area (Å²) in [7, 11) is -1.28. The smallest absolute Gasteiger partial charge is 0.244 e. The van der Waals surface area contributed by atoms with E-state index in [1.165, 1.54) is 6.20 Å². The molecule has 0 aliphatic carbocycles. The third-order valence-electron chi connectivity index (χ3n) is 4.63. The van der Waals surface area contributed by atoms with E-state index in [9.17, 15) is 8.42 Å². The van der Waals surface area contributed by atoms with Crippen molar-refractivity contribution < 1.29 is 8.42 Å². The van der Waals surface area contributed by atoms with Gasteiger partial charge in [-0.2, -0.15) is 4.31 Å². The van der Waals surface area contributed by atoms with Crippen molar-refractivity contribution in [3.05, 3.63) is 22.9 Å². The van der Waals surface area contributed by atoms with Crippen LogP contribution < -0.4 is 0 Å². The first kappa shape index (κ1) is 15.4. The summed E-state index contributed by atoms with van der Waals surface area (Å²) in [6, 6.07) is 2.16. The Kier molecular flexibility index (Phi) is 4.36. The summed E-state index contributed by atoms with van der Waals surface area (Å²) >= 11 is 3.29. The highest BCUT2D eigenvalue weighted by Crippen LogP contribution is 2.32. The number of piperidine rings is 2. The van der Waals surface area contributed by atoms with E-state index in [4.69, 9.17) is 0 Å². The predicted octanol–water partition coefficient (Wildman–Crippen LogP) is 1.95. The lowest BCUT2D eigenvalue weighted by Crippen LogP contribution is -2.53. The Morgan fingerprint density at radius 3 is 2.86 bits per heavy atom. The van der Waals surface area contributed by atoms with Gasteiger partial charge in [-0.1, -0.05) is 0 Å². The minimum atomic E-state index is -3.43. The SMILES string of the molecule is CN1CCCC2CN(S(=O)(=O)c3cncc(Br)c3)CCC21. The fourth-order valence-electron chi connectivity index (χ4n) is 3.52. The van der Waals surface area contributed by atoms with Crippen LogP contribution in [0.2, 0.25) is 0 Å². The summed E-state index contributed by atoms with van der Waals surface area (Å²) in [6.07, 6.45) is 6.23. The van der Waals surface area contributed by atoms with Gasteiger partial charge in [0.1, 0.15) is 4.90 Å². The fourth-order valence-corrected chi connectivity index (χ4v) is 5.54. The molecule has 0 spiro atoms. The Balaban J connectivity index is 1.81. The highest BCUT2D eigenvalue weighted by Gasteiger charge is 2.38. The third kappa shape index (κ3) is 3.02. The molecular weight excluding hydrogens is 354 g/mol. The molecule has 2 fully saturated rings. The van der Waals surface area contributed by atoms with Crippen molar-refractivity contribution in [1.29, 1.82) is 0 Å². The Hall–Kier alpha value is -0.500. The number of fused-ring (bicyclic) bond motifs is 1. The molecule has 116 valence electrons. The van der Waals surface area contributed by atoms with E-state index < -0.39 is 10.0 Å². The average molecular weight is 374 g/mol. The van der Waals surface area contributed by atoms with E-state index in [2.05, 4.69) is 32.9 Å². The Morgan fingerprint density at radius 1 is 1.29 bits per heavy atom. The molecule has 2 atom stereocenters. The van der Waals surface area contributed by atoms with Crippen LogP contribution in [-0.2, 0) is 10.0 Å². The summed E-state index contributed by atoms with van der Waals surface area (Å²) in [4.78, 5) is 6.64. The molecule has 0 bridgehead atoms. The second kappa shape index (κ2) is 5.95. The molecule has 2 saturated heterocycles. The van der Waals surface area contributed by atoms with Crippen molar-refractivity contribution in [3.63, 3.8) is 0 Å². The van der Waals surface area contributed by atoms with Crippen molar-refractivity contribution in [2.45, 2.75) is 30.2 Å². The van der Waals surface area contributed by atoms with Crippen LogP contribution >= 0.6 is 15.9 Å². The molecule has 2 unspecified atom stereocenters. The average Bonchev–Trinajstić information content (AvgIpc) is 2.47. The van der Waals surface area contributed by atoms with Crippen molar-refractivity contribution in [2.75, 3.05) is 26.7 Å². The molecule has 3 rings (SSSR count). The summed E-state index contributed by atoms with van der Waals surface area (Å²) < 4.78 is 27.8. The number of rotatable bonds is 2. The Morgan fingerprint density at radius 2 is 2.10 bits per heavy atom. The monoisotopic (exact) mass is 373 g/mol. The molecule has 5 nitrogen and oxygen atoms in total. The van der Waals surface area contributed by atoms with Crippen molar-refractivity contribution in [1.82, 2.24) is 14.2 Å². The first-order chi connectivity index (χ1) is 9.98. The Bertz CT molecular complexity index is 622. The maximum atomic E-state index is 12.7. The maximum Gasteiger partial charge on any atom is 0.244 e. The van der Waals surface area contributed by atoms with Gasteiger partial charge >= 0.3 is 0 Å². The van der Waals surface area contributed by atoms with E-state index in [0.717, 1.165) is 25.8 Å². The molecule has 1 aromatic rings. The zero-order valence-corrected chi connectivity index (χ0v) is 14.5. The number of likely N-dealkylation sites (tertiary alicyclic amines) is 1. The van der Waals surface area contributed by atoms with E-state index >= 15 is 0 Å². The lowest BCUT2D eigenvalue weighted by molar-refractivity contribution is 0.0671. The van der Waals surface area contributed by atoms with Gasteiger partial charge in [0.05, 0.1) is 0 Å². The third-order valence-corrected chi connectivity index (χ3v) is 6.89. The van der Waals surface area contributed by atoms with Crippen LogP contribution in [0.4, 0.5) is 0 Å². The quantitative estimate of drug-likeness (QED) is 0.794. The number of hydrogen-bond acceptors (Lipinski definition) is 4. The van der Waals surface area contributed by atoms with E-state index in [1.54, 1.807) is 16.6 Å². The van der Waals surface area contributed by atoms with Gasteiger partial charge < -0.3 is 4.90 Å². The molecule has 2 aliphatic rings. The predicted molar refractivity (Wildman–Crippen MR) is 84.5 cm³/mol. The van der Waals surface area contributed by atoms with Crippen LogP contribution in [0.25, 0.3) is 0 Å². The van der Waals surface area contributed by atoms with Crippen LogP contribution in [0.5, 0.6) is 0 Å². The minimum absolute atomic E-state index is 0.277. The number of sulfonamides is 1. The highest BCUT2D eigenvalue weighted by atomic mass is 79.9. The molecule has 2 aliphatic heterocycles. The molecule has 0 aromatic carbocycles. The molecule has 0 amide bonds. The number of nitrogens with zero attached hydrogens (tertiary/aromatic N) is 3. The molecular formula is C14H20BrN3O2S. The van der Waals surface area contributed by atoms with Gasteiger partial charge in [0, 0.05) is 36.0 Å². The van der Waals surface area contributed by atoms with Gasteiger partial charge in [0.15, 0.2) is 0 Å². The maximum absolute atomic E-state index is 12.7. The van der Waals surface area contributed by atoms with Crippen molar-refractivity contribution in [3.8, 4) is 0 Å². The first-order valence-electron chi connectivity index (χ1n) is 7.29. The largest absolute Gasteiger partial charge is 0.303 e. The standard InChI is InChI=1S/C14H20BrN3O2S/c1-17-5-2-3-11-10-18(6-4-14(11)17)21(19,20)13-7-12(15)8-16-9-13/h7-9,11,14H,2-6,10H2,1H3. The topological polar surface area (TPSA) is 53.5 Å². The number of halogens is 1. The van der Waals surface area contributed by atoms with Gasteiger partial charge in [-0.25, -0.2) is 8.42 Å². The summed E-state index contributed by atoms with van der Waals surface area (Å²) in [6.45, 7) is 2.35. The van der Waals surface area contributed by atoms with E-state index in [-0.39, 0.29) is 4.90 Å². The normalized spacial score (nSPS) is 28.3. The van der Waals surface area contributed by atoms with E-state index in [1.807, 2.05) is 0 Å². The number of hydrogen-bond donors (Lipinski definition) is 0.